The van der Waals surface area contributed by atoms with Gasteiger partial charge in [-0.1, -0.05) is 0 Å². The third-order valence-electron chi connectivity index (χ3n) is 3.30. The van der Waals surface area contributed by atoms with E-state index in [0.29, 0.717) is 25.7 Å². The van der Waals surface area contributed by atoms with E-state index in [9.17, 15) is 8.78 Å². The van der Waals surface area contributed by atoms with Crippen molar-refractivity contribution < 1.29 is 13.5 Å². The first-order chi connectivity index (χ1) is 6.06. The minimum Gasteiger partial charge on any atom is -0.368 e. The predicted molar refractivity (Wildman–Crippen MR) is 44.7 cm³/mol. The molecule has 2 aliphatic rings. The molecule has 0 unspecified atom stereocenters. The molecule has 1 saturated heterocycles. The molecule has 1 aliphatic heterocycles. The van der Waals surface area contributed by atoms with Crippen molar-refractivity contribution >= 4 is 0 Å². The van der Waals surface area contributed by atoms with E-state index >= 15 is 0 Å². The molecule has 0 aromatic carbocycles. The average molecular weight is 191 g/mol. The summed E-state index contributed by atoms with van der Waals surface area (Å²) >= 11 is 0. The third-order valence-corrected chi connectivity index (χ3v) is 3.30. The number of halogens is 2. The smallest absolute Gasteiger partial charge is 0.278 e. The summed E-state index contributed by atoms with van der Waals surface area (Å²) in [7, 11) is 0. The molecule has 1 aliphatic carbocycles. The van der Waals surface area contributed by atoms with E-state index in [1.807, 2.05) is 0 Å². The zero-order valence-corrected chi connectivity index (χ0v) is 7.56. The van der Waals surface area contributed by atoms with Crippen LogP contribution < -0.4 is 5.73 Å². The van der Waals surface area contributed by atoms with Gasteiger partial charge in [0.05, 0.1) is 6.61 Å². The lowest BCUT2D eigenvalue weighted by Gasteiger charge is -2.38. The van der Waals surface area contributed by atoms with Gasteiger partial charge in [0, 0.05) is 12.5 Å². The molecule has 76 valence electrons. The van der Waals surface area contributed by atoms with Crippen molar-refractivity contribution in [3.05, 3.63) is 0 Å². The first kappa shape index (κ1) is 9.34. The maximum Gasteiger partial charge on any atom is 0.278 e. The molecular weight excluding hydrogens is 176 g/mol. The van der Waals surface area contributed by atoms with Crippen LogP contribution in [0.25, 0.3) is 0 Å². The Labute approximate surface area is 76.4 Å². The van der Waals surface area contributed by atoms with Crippen LogP contribution in [-0.2, 0) is 4.74 Å². The second kappa shape index (κ2) is 2.89. The molecule has 2 N–H and O–H groups in total. The molecule has 13 heavy (non-hydrogen) atoms. The zero-order chi connectivity index (χ0) is 9.53. The van der Waals surface area contributed by atoms with Crippen LogP contribution in [0.5, 0.6) is 0 Å². The maximum atomic E-state index is 13.4. The number of ether oxygens (including phenoxy) is 1. The van der Waals surface area contributed by atoms with Crippen molar-refractivity contribution in [2.24, 2.45) is 5.73 Å². The molecule has 0 radical (unpaired) electrons. The highest BCUT2D eigenvalue weighted by Gasteiger charge is 2.58. The van der Waals surface area contributed by atoms with Crippen molar-refractivity contribution in [2.45, 2.75) is 49.7 Å². The van der Waals surface area contributed by atoms with Gasteiger partial charge in [-0.25, -0.2) is 8.78 Å². The molecule has 1 spiro atoms. The first-order valence-corrected chi connectivity index (χ1v) is 4.83. The van der Waals surface area contributed by atoms with Gasteiger partial charge in [0.15, 0.2) is 0 Å². The number of hydrogen-bond donors (Lipinski definition) is 1. The van der Waals surface area contributed by atoms with Gasteiger partial charge >= 0.3 is 0 Å². The molecule has 2 nitrogen and oxygen atoms in total. The van der Waals surface area contributed by atoms with Crippen LogP contribution in [0, 0.1) is 0 Å². The summed E-state index contributed by atoms with van der Waals surface area (Å²) in [5.41, 5.74) is 4.51. The Morgan fingerprint density at radius 3 is 2.23 bits per heavy atom. The van der Waals surface area contributed by atoms with E-state index in [0.717, 1.165) is 0 Å². The second-order valence-corrected chi connectivity index (χ2v) is 4.13. The second-order valence-electron chi connectivity index (χ2n) is 4.13. The van der Waals surface area contributed by atoms with Crippen molar-refractivity contribution in [1.82, 2.24) is 0 Å². The lowest BCUT2D eigenvalue weighted by atomic mass is 9.78. The van der Waals surface area contributed by atoms with E-state index in [1.165, 1.54) is 0 Å². The van der Waals surface area contributed by atoms with Crippen molar-refractivity contribution in [2.75, 3.05) is 6.61 Å². The lowest BCUT2D eigenvalue weighted by Crippen LogP contribution is -2.49. The van der Waals surface area contributed by atoms with E-state index < -0.39 is 11.5 Å². The topological polar surface area (TPSA) is 35.2 Å². The normalized spacial score (nSPS) is 44.1. The number of alkyl halides is 2. The van der Waals surface area contributed by atoms with E-state index in [1.54, 1.807) is 0 Å². The molecule has 0 aromatic rings. The molecule has 0 aromatic heterocycles. The van der Waals surface area contributed by atoms with Crippen LogP contribution in [0.15, 0.2) is 0 Å². The van der Waals surface area contributed by atoms with Crippen molar-refractivity contribution in [1.29, 1.82) is 0 Å². The van der Waals surface area contributed by atoms with Gasteiger partial charge in [0.1, 0.15) is 5.60 Å². The Bertz CT molecular complexity index is 200. The fourth-order valence-corrected chi connectivity index (χ4v) is 2.32. The Morgan fingerprint density at radius 1 is 1.15 bits per heavy atom. The van der Waals surface area contributed by atoms with Crippen LogP contribution in [0.2, 0.25) is 0 Å². The van der Waals surface area contributed by atoms with Gasteiger partial charge in [0.2, 0.25) is 0 Å². The molecule has 0 amide bonds. The lowest BCUT2D eigenvalue weighted by molar-refractivity contribution is -0.163. The molecule has 2 fully saturated rings. The minimum atomic E-state index is -2.63. The predicted octanol–water partition coefficient (Wildman–Crippen LogP) is 1.68. The summed E-state index contributed by atoms with van der Waals surface area (Å²) in [6.07, 6.45) is 2.04. The number of nitrogens with two attached hydrogens (primary N) is 1. The summed E-state index contributed by atoms with van der Waals surface area (Å²) < 4.78 is 32.1. The number of hydrogen-bond acceptors (Lipinski definition) is 2. The van der Waals surface area contributed by atoms with Crippen molar-refractivity contribution in [3.8, 4) is 0 Å². The number of rotatable bonds is 0. The van der Waals surface area contributed by atoms with Gasteiger partial charge < -0.3 is 10.5 Å². The fourth-order valence-electron chi connectivity index (χ4n) is 2.32. The quantitative estimate of drug-likeness (QED) is 0.632. The molecular formula is C9H15F2NO. The molecule has 1 heterocycles. The maximum absolute atomic E-state index is 13.4. The average Bonchev–Trinajstić information content (AvgIpc) is 2.34. The van der Waals surface area contributed by atoms with Crippen LogP contribution in [0.4, 0.5) is 8.78 Å². The Balaban J connectivity index is 2.12. The standard InChI is InChI=1S/C9H15F2NO/c10-9(11)5-6-13-8(9)3-1-7(12)2-4-8/h7H,1-6,12H2. The fraction of sp³-hybridized carbons (Fsp3) is 1.00. The van der Waals surface area contributed by atoms with Gasteiger partial charge in [-0.15, -0.1) is 0 Å². The molecule has 1 saturated carbocycles. The van der Waals surface area contributed by atoms with Gasteiger partial charge in [0.25, 0.3) is 5.92 Å². The first-order valence-electron chi connectivity index (χ1n) is 4.83. The SMILES string of the molecule is NC1CCC2(CC1)OCCC2(F)F. The third kappa shape index (κ3) is 1.36. The monoisotopic (exact) mass is 191 g/mol. The van der Waals surface area contributed by atoms with Crippen LogP contribution >= 0.6 is 0 Å². The van der Waals surface area contributed by atoms with E-state index in [4.69, 9.17) is 10.5 Å². The summed E-state index contributed by atoms with van der Waals surface area (Å²) in [5.74, 6) is -2.63. The van der Waals surface area contributed by atoms with Crippen LogP contribution in [0.3, 0.4) is 0 Å². The summed E-state index contributed by atoms with van der Waals surface area (Å²) in [4.78, 5) is 0. The highest BCUT2D eigenvalue weighted by atomic mass is 19.3. The Morgan fingerprint density at radius 2 is 1.77 bits per heavy atom. The van der Waals surface area contributed by atoms with Crippen molar-refractivity contribution in [3.63, 3.8) is 0 Å². The van der Waals surface area contributed by atoms with Gasteiger partial charge in [-0.05, 0) is 25.7 Å². The summed E-state index contributed by atoms with van der Waals surface area (Å²) in [5, 5.41) is 0. The highest BCUT2D eigenvalue weighted by Crippen LogP contribution is 2.48. The molecule has 0 atom stereocenters. The molecule has 0 bridgehead atoms. The van der Waals surface area contributed by atoms with Gasteiger partial charge in [-0.3, -0.25) is 0 Å². The summed E-state index contributed by atoms with van der Waals surface area (Å²) in [6.45, 7) is 0.197. The summed E-state index contributed by atoms with van der Waals surface area (Å²) in [6, 6.07) is 0.0885. The van der Waals surface area contributed by atoms with E-state index in [2.05, 4.69) is 0 Å². The molecule has 2 rings (SSSR count). The van der Waals surface area contributed by atoms with Gasteiger partial charge in [-0.2, -0.15) is 0 Å². The minimum absolute atomic E-state index is 0.0885. The molecule has 4 heteroatoms. The highest BCUT2D eigenvalue weighted by molar-refractivity contribution is 5.02. The Hall–Kier alpha value is -0.220. The van der Waals surface area contributed by atoms with E-state index in [-0.39, 0.29) is 19.1 Å². The Kier molecular flexibility index (Phi) is 2.07. The zero-order valence-electron chi connectivity index (χ0n) is 7.56. The van der Waals surface area contributed by atoms with Crippen LogP contribution in [0.1, 0.15) is 32.1 Å². The van der Waals surface area contributed by atoms with Crippen LogP contribution in [-0.4, -0.2) is 24.2 Å². The largest absolute Gasteiger partial charge is 0.368 e.